The largest absolute Gasteiger partial charge is 0.377 e. The van der Waals surface area contributed by atoms with Crippen LogP contribution in [0.3, 0.4) is 0 Å². The van der Waals surface area contributed by atoms with Crippen molar-refractivity contribution in [3.05, 3.63) is 35.9 Å². The van der Waals surface area contributed by atoms with Crippen LogP contribution in [0, 0.1) is 5.92 Å². The van der Waals surface area contributed by atoms with E-state index in [-0.39, 0.29) is 0 Å². The lowest BCUT2D eigenvalue weighted by molar-refractivity contribution is 0.115. The van der Waals surface area contributed by atoms with Crippen molar-refractivity contribution in [2.75, 3.05) is 11.9 Å². The Morgan fingerprint density at radius 2 is 2.00 bits per heavy atom. The molecule has 0 spiro atoms. The lowest BCUT2D eigenvalue weighted by Gasteiger charge is -2.07. The number of rotatable bonds is 7. The maximum atomic E-state index is 5.60. The van der Waals surface area contributed by atoms with E-state index in [1.54, 1.807) is 0 Å². The summed E-state index contributed by atoms with van der Waals surface area (Å²) in [5.41, 5.74) is 1.26. The second-order valence-corrected chi connectivity index (χ2v) is 4.59. The molecule has 1 nitrogen and oxygen atoms in total. The van der Waals surface area contributed by atoms with Crippen molar-refractivity contribution < 1.29 is 4.74 Å². The van der Waals surface area contributed by atoms with Gasteiger partial charge in [-0.05, 0) is 24.3 Å². The fourth-order valence-corrected chi connectivity index (χ4v) is 1.70. The third kappa shape index (κ3) is 5.95. The second kappa shape index (κ2) is 7.89. The first-order valence-electron chi connectivity index (χ1n) is 5.50. The number of benzene rings is 1. The number of hydrogen-bond acceptors (Lipinski definition) is 1. The smallest absolute Gasteiger partial charge is 0.0716 e. The molecule has 15 heavy (non-hydrogen) atoms. The molecular weight excluding hydrogens is 252 g/mol. The molecule has 0 fully saturated rings. The van der Waals surface area contributed by atoms with Crippen molar-refractivity contribution in [2.45, 2.75) is 26.4 Å². The van der Waals surface area contributed by atoms with Crippen LogP contribution >= 0.6 is 15.9 Å². The molecule has 0 aromatic heterocycles. The van der Waals surface area contributed by atoms with Gasteiger partial charge in [-0.3, -0.25) is 0 Å². The fourth-order valence-electron chi connectivity index (χ4n) is 1.38. The molecule has 2 heteroatoms. The molecule has 0 aliphatic rings. The van der Waals surface area contributed by atoms with E-state index in [9.17, 15) is 0 Å². The highest BCUT2D eigenvalue weighted by molar-refractivity contribution is 9.09. The first-order chi connectivity index (χ1) is 7.33. The first kappa shape index (κ1) is 12.7. The summed E-state index contributed by atoms with van der Waals surface area (Å²) < 4.78 is 5.60. The minimum Gasteiger partial charge on any atom is -0.377 e. The van der Waals surface area contributed by atoms with Gasteiger partial charge in [-0.25, -0.2) is 0 Å². The number of ether oxygens (including phenoxy) is 1. The number of halogens is 1. The van der Waals surface area contributed by atoms with E-state index >= 15 is 0 Å². The van der Waals surface area contributed by atoms with Gasteiger partial charge < -0.3 is 4.74 Å². The molecule has 1 unspecified atom stereocenters. The second-order valence-electron chi connectivity index (χ2n) is 3.94. The third-order valence-corrected chi connectivity index (χ3v) is 3.47. The van der Waals surface area contributed by atoms with Gasteiger partial charge >= 0.3 is 0 Å². The molecule has 0 heterocycles. The molecule has 0 N–H and O–H groups in total. The maximum Gasteiger partial charge on any atom is 0.0716 e. The summed E-state index contributed by atoms with van der Waals surface area (Å²) in [5, 5.41) is 1.09. The van der Waals surface area contributed by atoms with E-state index in [4.69, 9.17) is 4.74 Å². The van der Waals surface area contributed by atoms with Crippen LogP contribution in [0.1, 0.15) is 25.3 Å². The lowest BCUT2D eigenvalue weighted by Crippen LogP contribution is -2.00. The molecule has 0 bridgehead atoms. The van der Waals surface area contributed by atoms with Crippen molar-refractivity contribution in [1.82, 2.24) is 0 Å². The van der Waals surface area contributed by atoms with Gasteiger partial charge in [0.05, 0.1) is 6.61 Å². The van der Waals surface area contributed by atoms with Crippen molar-refractivity contribution >= 4 is 15.9 Å². The maximum absolute atomic E-state index is 5.60. The van der Waals surface area contributed by atoms with Gasteiger partial charge in [0.1, 0.15) is 0 Å². The van der Waals surface area contributed by atoms with Gasteiger partial charge in [0.2, 0.25) is 0 Å². The molecule has 0 amide bonds. The summed E-state index contributed by atoms with van der Waals surface area (Å²) in [7, 11) is 0. The van der Waals surface area contributed by atoms with Crippen molar-refractivity contribution in [2.24, 2.45) is 5.92 Å². The van der Waals surface area contributed by atoms with Crippen molar-refractivity contribution in [3.63, 3.8) is 0 Å². The van der Waals surface area contributed by atoms with Crippen LogP contribution in [0.5, 0.6) is 0 Å². The van der Waals surface area contributed by atoms with Crippen LogP contribution in [0.15, 0.2) is 30.3 Å². The zero-order chi connectivity index (χ0) is 10.9. The lowest BCUT2D eigenvalue weighted by atomic mass is 10.1. The Kier molecular flexibility index (Phi) is 6.69. The van der Waals surface area contributed by atoms with Crippen LogP contribution in [-0.4, -0.2) is 11.9 Å². The van der Waals surface area contributed by atoms with Crippen molar-refractivity contribution in [3.8, 4) is 0 Å². The Bertz CT molecular complexity index is 248. The number of hydrogen-bond donors (Lipinski definition) is 0. The van der Waals surface area contributed by atoms with Gasteiger partial charge in [0.25, 0.3) is 0 Å². The van der Waals surface area contributed by atoms with Gasteiger partial charge in [-0.15, -0.1) is 0 Å². The standard InChI is InChI=1S/C13H19BrO/c1-12(10-14)6-5-9-15-11-13-7-3-2-4-8-13/h2-4,7-8,12H,5-6,9-11H2,1H3. The van der Waals surface area contributed by atoms with E-state index < -0.39 is 0 Å². The summed E-state index contributed by atoms with van der Waals surface area (Å²) in [4.78, 5) is 0. The quantitative estimate of drug-likeness (QED) is 0.537. The van der Waals surface area contributed by atoms with Gasteiger partial charge in [-0.2, -0.15) is 0 Å². The Balaban J connectivity index is 2.03. The predicted molar refractivity (Wildman–Crippen MR) is 68.3 cm³/mol. The van der Waals surface area contributed by atoms with E-state index in [2.05, 4.69) is 35.0 Å². The molecule has 0 aliphatic heterocycles. The molecule has 1 atom stereocenters. The Hall–Kier alpha value is -0.340. The van der Waals surface area contributed by atoms with E-state index in [0.717, 1.165) is 30.9 Å². The molecule has 0 radical (unpaired) electrons. The monoisotopic (exact) mass is 270 g/mol. The summed E-state index contributed by atoms with van der Waals surface area (Å²) >= 11 is 3.48. The van der Waals surface area contributed by atoms with Crippen LogP contribution < -0.4 is 0 Å². The Morgan fingerprint density at radius 3 is 2.67 bits per heavy atom. The summed E-state index contributed by atoms with van der Waals surface area (Å²) in [6.45, 7) is 3.86. The normalized spacial score (nSPS) is 12.7. The van der Waals surface area contributed by atoms with E-state index in [1.807, 2.05) is 18.2 Å². The summed E-state index contributed by atoms with van der Waals surface area (Å²) in [5.74, 6) is 0.755. The molecule has 1 aromatic carbocycles. The molecule has 0 saturated heterocycles. The van der Waals surface area contributed by atoms with Gasteiger partial charge in [0, 0.05) is 11.9 Å². The fraction of sp³-hybridized carbons (Fsp3) is 0.538. The Labute approximate surface area is 101 Å². The van der Waals surface area contributed by atoms with Crippen LogP contribution in [-0.2, 0) is 11.3 Å². The zero-order valence-corrected chi connectivity index (χ0v) is 10.9. The topological polar surface area (TPSA) is 9.23 Å². The van der Waals surface area contributed by atoms with E-state index in [1.165, 1.54) is 12.0 Å². The average Bonchev–Trinajstić information content (AvgIpc) is 2.29. The molecular formula is C13H19BrO. The molecule has 84 valence electrons. The SMILES string of the molecule is CC(CBr)CCCOCc1ccccc1. The van der Waals surface area contributed by atoms with E-state index in [0.29, 0.717) is 0 Å². The van der Waals surface area contributed by atoms with Gasteiger partial charge in [-0.1, -0.05) is 53.2 Å². The minimum absolute atomic E-state index is 0.740. The highest BCUT2D eigenvalue weighted by Gasteiger charge is 1.99. The summed E-state index contributed by atoms with van der Waals surface area (Å²) in [6, 6.07) is 10.3. The molecule has 1 aromatic rings. The predicted octanol–water partition coefficient (Wildman–Crippen LogP) is 4.01. The van der Waals surface area contributed by atoms with Crippen molar-refractivity contribution in [1.29, 1.82) is 0 Å². The van der Waals surface area contributed by atoms with Gasteiger partial charge in [0.15, 0.2) is 0 Å². The molecule has 0 aliphatic carbocycles. The first-order valence-corrected chi connectivity index (χ1v) is 6.62. The van der Waals surface area contributed by atoms with Crippen LogP contribution in [0.25, 0.3) is 0 Å². The highest BCUT2D eigenvalue weighted by Crippen LogP contribution is 2.09. The zero-order valence-electron chi connectivity index (χ0n) is 9.29. The third-order valence-electron chi connectivity index (χ3n) is 2.36. The van der Waals surface area contributed by atoms with Crippen LogP contribution in [0.4, 0.5) is 0 Å². The Morgan fingerprint density at radius 1 is 1.27 bits per heavy atom. The minimum atomic E-state index is 0.740. The molecule has 1 rings (SSSR count). The highest BCUT2D eigenvalue weighted by atomic mass is 79.9. The van der Waals surface area contributed by atoms with Crippen LogP contribution in [0.2, 0.25) is 0 Å². The average molecular weight is 271 g/mol. The summed E-state index contributed by atoms with van der Waals surface area (Å²) in [6.07, 6.45) is 2.39. The molecule has 0 saturated carbocycles. The number of alkyl halides is 1.